The molecular weight excluding hydrogens is 216 g/mol. The lowest BCUT2D eigenvalue weighted by Gasteiger charge is -2.06. The first-order valence-corrected chi connectivity index (χ1v) is 4.64. The second kappa shape index (κ2) is 4.26. The van der Waals surface area contributed by atoms with E-state index < -0.39 is 11.6 Å². The Morgan fingerprint density at radius 3 is 2.50 bits per heavy atom. The fraction of sp³-hybridized carbons (Fsp3) is 0.200. The average Bonchev–Trinajstić information content (AvgIpc) is 2.64. The van der Waals surface area contributed by atoms with Crippen LogP contribution in [0.1, 0.15) is 11.4 Å². The molecule has 16 heavy (non-hydrogen) atoms. The van der Waals surface area contributed by atoms with E-state index in [-0.39, 0.29) is 12.2 Å². The van der Waals surface area contributed by atoms with Gasteiger partial charge in [0.25, 0.3) is 0 Å². The van der Waals surface area contributed by atoms with Crippen LogP contribution in [0.4, 0.5) is 14.5 Å². The highest BCUT2D eigenvalue weighted by Crippen LogP contribution is 2.18. The van der Waals surface area contributed by atoms with Crippen LogP contribution in [-0.2, 0) is 6.54 Å². The van der Waals surface area contributed by atoms with Crippen LogP contribution in [0.3, 0.4) is 0 Å². The molecule has 0 saturated carbocycles. The van der Waals surface area contributed by atoms with Crippen molar-refractivity contribution in [2.45, 2.75) is 13.5 Å². The van der Waals surface area contributed by atoms with E-state index in [0.29, 0.717) is 11.4 Å². The number of anilines is 1. The van der Waals surface area contributed by atoms with Gasteiger partial charge < -0.3 is 5.32 Å². The molecule has 0 aliphatic heterocycles. The van der Waals surface area contributed by atoms with Gasteiger partial charge in [-0.2, -0.15) is 0 Å². The number of para-hydroxylation sites is 1. The molecule has 84 valence electrons. The molecule has 1 aromatic carbocycles. The van der Waals surface area contributed by atoms with Gasteiger partial charge in [-0.05, 0) is 19.1 Å². The molecule has 0 unspecified atom stereocenters. The first kappa shape index (κ1) is 10.5. The largest absolute Gasteiger partial charge is 0.374 e. The lowest BCUT2D eigenvalue weighted by molar-refractivity contribution is 0.301. The predicted molar refractivity (Wildman–Crippen MR) is 52.7 cm³/mol. The minimum Gasteiger partial charge on any atom is -0.374 e. The van der Waals surface area contributed by atoms with Gasteiger partial charge in [-0.15, -0.1) is 0 Å². The van der Waals surface area contributed by atoms with Crippen molar-refractivity contribution >= 4 is 5.69 Å². The Bertz CT molecular complexity index is 478. The van der Waals surface area contributed by atoms with Gasteiger partial charge >= 0.3 is 0 Å². The van der Waals surface area contributed by atoms with Gasteiger partial charge in [-0.25, -0.2) is 13.4 Å². The highest BCUT2D eigenvalue weighted by Gasteiger charge is 2.10. The summed E-state index contributed by atoms with van der Waals surface area (Å²) in [5.41, 5.74) is 0.928. The molecule has 0 radical (unpaired) electrons. The lowest BCUT2D eigenvalue weighted by Crippen LogP contribution is -2.05. The van der Waals surface area contributed by atoms with E-state index >= 15 is 0 Å². The molecule has 0 atom stereocenters. The summed E-state index contributed by atoms with van der Waals surface area (Å²) in [7, 11) is 0. The Balaban J connectivity index is 2.14. The molecule has 0 aliphatic carbocycles. The molecule has 0 spiro atoms. The van der Waals surface area contributed by atoms with Crippen molar-refractivity contribution in [1.29, 1.82) is 0 Å². The molecule has 4 nitrogen and oxygen atoms in total. The summed E-state index contributed by atoms with van der Waals surface area (Å²) in [4.78, 5) is 0. The van der Waals surface area contributed by atoms with E-state index in [1.807, 2.05) is 0 Å². The second-order valence-corrected chi connectivity index (χ2v) is 3.25. The van der Waals surface area contributed by atoms with Crippen molar-refractivity contribution in [1.82, 2.24) is 10.3 Å². The van der Waals surface area contributed by atoms with E-state index in [9.17, 15) is 8.78 Å². The minimum atomic E-state index is -0.644. The number of aryl methyl sites for hydroxylation is 1. The molecule has 1 heterocycles. The van der Waals surface area contributed by atoms with Crippen LogP contribution >= 0.6 is 0 Å². The Hall–Kier alpha value is -1.98. The standard InChI is InChI=1S/C10H9F2N3O/c1-6-9(15-16-14-6)5-13-10-7(11)3-2-4-8(10)12/h2-4,13H,5H2,1H3. The number of nitrogens with one attached hydrogen (secondary N) is 1. The summed E-state index contributed by atoms with van der Waals surface area (Å²) in [5.74, 6) is -1.29. The number of nitrogens with zero attached hydrogens (tertiary/aromatic N) is 2. The zero-order valence-electron chi connectivity index (χ0n) is 8.50. The fourth-order valence-corrected chi connectivity index (χ4v) is 1.25. The van der Waals surface area contributed by atoms with Crippen LogP contribution in [0.25, 0.3) is 0 Å². The van der Waals surface area contributed by atoms with E-state index in [1.165, 1.54) is 18.2 Å². The van der Waals surface area contributed by atoms with E-state index in [0.717, 1.165) is 0 Å². The summed E-state index contributed by atoms with van der Waals surface area (Å²) in [5, 5.41) is 9.77. The van der Waals surface area contributed by atoms with Crippen molar-refractivity contribution in [2.24, 2.45) is 0 Å². The quantitative estimate of drug-likeness (QED) is 0.870. The van der Waals surface area contributed by atoms with Crippen molar-refractivity contribution in [3.63, 3.8) is 0 Å². The first-order chi connectivity index (χ1) is 7.68. The second-order valence-electron chi connectivity index (χ2n) is 3.25. The number of benzene rings is 1. The van der Waals surface area contributed by atoms with Gasteiger partial charge in [0.2, 0.25) is 0 Å². The Kier molecular flexibility index (Phi) is 2.80. The molecule has 0 amide bonds. The van der Waals surface area contributed by atoms with E-state index in [1.54, 1.807) is 6.92 Å². The smallest absolute Gasteiger partial charge is 0.149 e. The van der Waals surface area contributed by atoms with Gasteiger partial charge in [0.15, 0.2) is 0 Å². The zero-order chi connectivity index (χ0) is 11.5. The lowest BCUT2D eigenvalue weighted by atomic mass is 10.2. The van der Waals surface area contributed by atoms with Crippen LogP contribution in [0.5, 0.6) is 0 Å². The topological polar surface area (TPSA) is 51.0 Å². The number of hydrogen-bond acceptors (Lipinski definition) is 4. The Morgan fingerprint density at radius 2 is 1.94 bits per heavy atom. The van der Waals surface area contributed by atoms with Crippen LogP contribution in [0, 0.1) is 18.6 Å². The molecule has 6 heteroatoms. The molecule has 0 saturated heterocycles. The van der Waals surface area contributed by atoms with E-state index in [4.69, 9.17) is 0 Å². The molecule has 2 rings (SSSR count). The molecule has 1 aromatic heterocycles. The van der Waals surface area contributed by atoms with E-state index in [2.05, 4.69) is 20.3 Å². The van der Waals surface area contributed by atoms with Gasteiger partial charge in [0, 0.05) is 0 Å². The maximum absolute atomic E-state index is 13.2. The third-order valence-electron chi connectivity index (χ3n) is 2.14. The van der Waals surface area contributed by atoms with Crippen LogP contribution in [0.15, 0.2) is 22.8 Å². The van der Waals surface area contributed by atoms with Gasteiger partial charge in [0.05, 0.1) is 6.54 Å². The summed E-state index contributed by atoms with van der Waals surface area (Å²) in [6.45, 7) is 1.86. The van der Waals surface area contributed by atoms with Crippen molar-refractivity contribution in [3.8, 4) is 0 Å². The summed E-state index contributed by atoms with van der Waals surface area (Å²) < 4.78 is 30.9. The normalized spacial score (nSPS) is 10.4. The monoisotopic (exact) mass is 225 g/mol. The summed E-state index contributed by atoms with van der Waals surface area (Å²) >= 11 is 0. The third-order valence-corrected chi connectivity index (χ3v) is 2.14. The predicted octanol–water partition coefficient (Wildman–Crippen LogP) is 2.27. The molecule has 0 fully saturated rings. The van der Waals surface area contributed by atoms with Crippen molar-refractivity contribution < 1.29 is 13.4 Å². The SMILES string of the molecule is Cc1nonc1CNc1c(F)cccc1F. The molecular formula is C10H9F2N3O. The summed E-state index contributed by atoms with van der Waals surface area (Å²) in [6, 6.07) is 3.66. The minimum absolute atomic E-state index is 0.160. The molecule has 2 aromatic rings. The zero-order valence-corrected chi connectivity index (χ0v) is 8.50. The van der Waals surface area contributed by atoms with Crippen LogP contribution in [0.2, 0.25) is 0 Å². The molecule has 0 bridgehead atoms. The molecule has 0 aliphatic rings. The fourth-order valence-electron chi connectivity index (χ4n) is 1.25. The van der Waals surface area contributed by atoms with Crippen molar-refractivity contribution in [2.75, 3.05) is 5.32 Å². The third kappa shape index (κ3) is 2.00. The summed E-state index contributed by atoms with van der Waals surface area (Å²) in [6.07, 6.45) is 0. The van der Waals surface area contributed by atoms with Crippen LogP contribution < -0.4 is 5.32 Å². The first-order valence-electron chi connectivity index (χ1n) is 4.64. The van der Waals surface area contributed by atoms with Crippen LogP contribution in [-0.4, -0.2) is 10.3 Å². The number of hydrogen-bond donors (Lipinski definition) is 1. The highest BCUT2D eigenvalue weighted by atomic mass is 19.1. The number of aromatic nitrogens is 2. The maximum atomic E-state index is 13.2. The van der Waals surface area contributed by atoms with Gasteiger partial charge in [-0.1, -0.05) is 16.4 Å². The number of rotatable bonds is 3. The van der Waals surface area contributed by atoms with Crippen molar-refractivity contribution in [3.05, 3.63) is 41.2 Å². The Morgan fingerprint density at radius 1 is 1.25 bits per heavy atom. The number of halogens is 2. The maximum Gasteiger partial charge on any atom is 0.149 e. The highest BCUT2D eigenvalue weighted by molar-refractivity contribution is 5.46. The molecule has 1 N–H and O–H groups in total. The Labute approximate surface area is 90.2 Å². The van der Waals surface area contributed by atoms with Gasteiger partial charge in [-0.3, -0.25) is 0 Å². The van der Waals surface area contributed by atoms with Gasteiger partial charge in [0.1, 0.15) is 28.7 Å². The average molecular weight is 225 g/mol.